The fourth-order valence-electron chi connectivity index (χ4n) is 3.58. The van der Waals surface area contributed by atoms with Crippen LogP contribution in [0.2, 0.25) is 0 Å². The zero-order chi connectivity index (χ0) is 19.5. The van der Waals surface area contributed by atoms with E-state index in [4.69, 9.17) is 4.74 Å². The molecule has 1 heterocycles. The van der Waals surface area contributed by atoms with Crippen LogP contribution in [-0.4, -0.2) is 29.3 Å². The van der Waals surface area contributed by atoms with E-state index in [-0.39, 0.29) is 12.7 Å². The van der Waals surface area contributed by atoms with Crippen LogP contribution in [0.15, 0.2) is 59.1 Å². The number of carbonyl (C=O) groups is 1. The Kier molecular flexibility index (Phi) is 6.48. The van der Waals surface area contributed by atoms with Gasteiger partial charge in [-0.3, -0.25) is 4.90 Å². The first-order chi connectivity index (χ1) is 12.9. The number of halogens is 2. The summed E-state index contributed by atoms with van der Waals surface area (Å²) in [4.78, 5) is 14.8. The second-order valence-corrected chi connectivity index (χ2v) is 9.93. The van der Waals surface area contributed by atoms with E-state index in [0.717, 1.165) is 15.6 Å². The van der Waals surface area contributed by atoms with Crippen molar-refractivity contribution in [2.45, 2.75) is 35.3 Å². The first kappa shape index (κ1) is 20.6. The monoisotopic (exact) mass is 543 g/mol. The molecule has 0 spiro atoms. The lowest BCUT2D eigenvalue weighted by molar-refractivity contribution is -0.0698. The molecule has 2 aromatic rings. The Labute approximate surface area is 182 Å². The Bertz CT molecular complexity index is 782. The van der Waals surface area contributed by atoms with Crippen LogP contribution >= 0.6 is 38.5 Å². The molecule has 3 rings (SSSR count). The summed E-state index contributed by atoms with van der Waals surface area (Å²) in [6.45, 7) is 2.70. The molecule has 1 N–H and O–H groups in total. The number of ether oxygens (including phenoxy) is 1. The number of nitrogens with zero attached hydrogens (tertiary/aromatic N) is 1. The average Bonchev–Trinajstić information content (AvgIpc) is 2.67. The van der Waals surface area contributed by atoms with Gasteiger partial charge in [0.15, 0.2) is 0 Å². The third kappa shape index (κ3) is 4.32. The Morgan fingerprint density at radius 3 is 2.48 bits per heavy atom. The van der Waals surface area contributed by atoms with E-state index < -0.39 is 9.15 Å². The predicted octanol–water partition coefficient (Wildman–Crippen LogP) is 5.57. The average molecular weight is 544 g/mol. The minimum Gasteiger partial charge on any atom is -0.438 e. The maximum absolute atomic E-state index is 13.1. The van der Waals surface area contributed by atoms with Crippen molar-refractivity contribution in [1.29, 1.82) is 0 Å². The van der Waals surface area contributed by atoms with Gasteiger partial charge in [-0.05, 0) is 65.6 Å². The van der Waals surface area contributed by atoms with E-state index in [2.05, 4.69) is 38.5 Å². The number of cyclic esters (lactones) is 1. The molecule has 27 heavy (non-hydrogen) atoms. The molecule has 6 heteroatoms. The molecule has 0 saturated carbocycles. The highest BCUT2D eigenvalue weighted by atomic mass is 127. The first-order valence-electron chi connectivity index (χ1n) is 9.01. The maximum Gasteiger partial charge on any atom is 0.412 e. The molecule has 1 fully saturated rings. The van der Waals surface area contributed by atoms with Gasteiger partial charge < -0.3 is 9.84 Å². The third-order valence-corrected chi connectivity index (χ3v) is 6.89. The lowest BCUT2D eigenvalue weighted by Gasteiger charge is -2.46. The number of hydrogen-bond donors (Lipinski definition) is 1. The zero-order valence-electron chi connectivity index (χ0n) is 15.2. The molecule has 0 radical (unpaired) electrons. The molecule has 1 unspecified atom stereocenters. The predicted molar refractivity (Wildman–Crippen MR) is 118 cm³/mol. The van der Waals surface area contributed by atoms with Gasteiger partial charge in [0.25, 0.3) is 0 Å². The molecule has 2 atom stereocenters. The van der Waals surface area contributed by atoms with Crippen molar-refractivity contribution in [2.75, 3.05) is 13.2 Å². The summed E-state index contributed by atoms with van der Waals surface area (Å²) in [5, 5.41) is 9.32. The highest BCUT2D eigenvalue weighted by molar-refractivity contribution is 14.1. The number of benzene rings is 2. The molecular weight excluding hydrogens is 521 g/mol. The van der Waals surface area contributed by atoms with Crippen LogP contribution in [0.5, 0.6) is 0 Å². The van der Waals surface area contributed by atoms with Gasteiger partial charge in [-0.25, -0.2) is 4.79 Å². The fourth-order valence-corrected chi connectivity index (χ4v) is 4.64. The van der Waals surface area contributed by atoms with Crippen LogP contribution in [0.25, 0.3) is 0 Å². The number of alkyl halides is 1. The molecule has 4 nitrogen and oxygen atoms in total. The molecular formula is C21H23BrINO3. The van der Waals surface area contributed by atoms with Gasteiger partial charge in [-0.15, -0.1) is 0 Å². The van der Waals surface area contributed by atoms with Crippen molar-refractivity contribution in [3.05, 3.63) is 70.2 Å². The minimum atomic E-state index is -0.677. The van der Waals surface area contributed by atoms with E-state index in [1.807, 2.05) is 61.5 Å². The quantitative estimate of drug-likeness (QED) is 0.294. The normalized spacial score (nSPS) is 22.2. The lowest BCUT2D eigenvalue weighted by Crippen LogP contribution is -2.53. The molecule has 1 aliphatic heterocycles. The molecule has 0 aliphatic carbocycles. The molecule has 0 bridgehead atoms. The van der Waals surface area contributed by atoms with E-state index in [9.17, 15) is 9.90 Å². The van der Waals surface area contributed by atoms with Gasteiger partial charge >= 0.3 is 6.09 Å². The van der Waals surface area contributed by atoms with Crippen molar-refractivity contribution in [1.82, 2.24) is 4.90 Å². The third-order valence-electron chi connectivity index (χ3n) is 5.16. The molecule has 144 valence electrons. The topological polar surface area (TPSA) is 49.8 Å². The van der Waals surface area contributed by atoms with E-state index >= 15 is 0 Å². The molecule has 2 aromatic carbocycles. The first-order valence-corrected chi connectivity index (χ1v) is 10.9. The van der Waals surface area contributed by atoms with Crippen molar-refractivity contribution in [3.63, 3.8) is 0 Å². The molecule has 1 amide bonds. The van der Waals surface area contributed by atoms with Crippen LogP contribution in [0, 0.1) is 0 Å². The fraction of sp³-hybridized carbons (Fsp3) is 0.381. The summed E-state index contributed by atoms with van der Waals surface area (Å²) in [5.74, 6) is 0. The summed E-state index contributed by atoms with van der Waals surface area (Å²) >= 11 is 5.77. The maximum atomic E-state index is 13.1. The summed E-state index contributed by atoms with van der Waals surface area (Å²) in [6.07, 6.45) is 1.58. The lowest BCUT2D eigenvalue weighted by atomic mass is 9.84. The number of aliphatic hydroxyl groups excluding tert-OH is 1. The van der Waals surface area contributed by atoms with Crippen LogP contribution in [0.3, 0.4) is 0 Å². The Morgan fingerprint density at radius 1 is 1.22 bits per heavy atom. The molecule has 1 saturated heterocycles. The highest BCUT2D eigenvalue weighted by Crippen LogP contribution is 2.44. The van der Waals surface area contributed by atoms with Gasteiger partial charge in [0.05, 0.1) is 0 Å². The van der Waals surface area contributed by atoms with E-state index in [1.54, 1.807) is 4.90 Å². The second-order valence-electron chi connectivity index (χ2n) is 6.92. The van der Waals surface area contributed by atoms with E-state index in [1.165, 1.54) is 0 Å². The number of carbonyl (C=O) groups excluding carboxylic acids is 1. The Hall–Kier alpha value is -1.12. The number of amides is 1. The zero-order valence-corrected chi connectivity index (χ0v) is 18.9. The van der Waals surface area contributed by atoms with Crippen molar-refractivity contribution >= 4 is 44.6 Å². The van der Waals surface area contributed by atoms with Gasteiger partial charge in [-0.2, -0.15) is 0 Å². The van der Waals surface area contributed by atoms with Crippen LogP contribution in [0.4, 0.5) is 4.79 Å². The SMILES string of the molecule is C[C@](I)(c1ccc(Br)cc1)N1CCC(CCCO)(c2ccccc2)OC1=O. The largest absolute Gasteiger partial charge is 0.438 e. The van der Waals surface area contributed by atoms with Gasteiger partial charge in [0, 0.05) is 24.0 Å². The highest BCUT2D eigenvalue weighted by Gasteiger charge is 2.46. The van der Waals surface area contributed by atoms with Crippen molar-refractivity contribution in [2.24, 2.45) is 0 Å². The second kappa shape index (κ2) is 8.49. The smallest absolute Gasteiger partial charge is 0.412 e. The summed E-state index contributed by atoms with van der Waals surface area (Å²) in [5.41, 5.74) is 1.36. The van der Waals surface area contributed by atoms with Crippen molar-refractivity contribution < 1.29 is 14.6 Å². The minimum absolute atomic E-state index is 0.0821. The van der Waals surface area contributed by atoms with Crippen LogP contribution < -0.4 is 0 Å². The standard InChI is InChI=1S/C21H23BrINO3/c1-20(23,16-8-10-18(22)11-9-16)24-14-13-21(12-5-15-25,27-19(24)26)17-6-3-2-4-7-17/h2-4,6-11,25H,5,12-15H2,1H3/t20-,21?/m1/s1. The number of rotatable bonds is 6. The van der Waals surface area contributed by atoms with E-state index in [0.29, 0.717) is 25.8 Å². The molecule has 0 aromatic heterocycles. The van der Waals surface area contributed by atoms with Crippen molar-refractivity contribution in [3.8, 4) is 0 Å². The van der Waals surface area contributed by atoms with Gasteiger partial charge in [-0.1, -0.05) is 58.4 Å². The summed E-state index contributed by atoms with van der Waals surface area (Å²) in [7, 11) is 0. The van der Waals surface area contributed by atoms with Gasteiger partial charge in [0.1, 0.15) is 9.15 Å². The number of hydrogen-bond acceptors (Lipinski definition) is 3. The van der Waals surface area contributed by atoms with Gasteiger partial charge in [0.2, 0.25) is 0 Å². The summed E-state index contributed by atoms with van der Waals surface area (Å²) in [6, 6.07) is 17.9. The van der Waals surface area contributed by atoms with Crippen LogP contribution in [-0.2, 0) is 13.9 Å². The Balaban J connectivity index is 1.86. The van der Waals surface area contributed by atoms with Crippen LogP contribution in [0.1, 0.15) is 37.3 Å². The summed E-state index contributed by atoms with van der Waals surface area (Å²) < 4.78 is 6.57. The number of aliphatic hydroxyl groups is 1. The molecule has 1 aliphatic rings. The Morgan fingerprint density at radius 2 is 1.89 bits per heavy atom.